The van der Waals surface area contributed by atoms with Crippen LogP contribution in [0.1, 0.15) is 11.1 Å². The van der Waals surface area contributed by atoms with Gasteiger partial charge in [0.15, 0.2) is 5.69 Å². The van der Waals surface area contributed by atoms with Crippen molar-refractivity contribution < 1.29 is 18.6 Å². The number of rotatable bonds is 5. The van der Waals surface area contributed by atoms with E-state index in [-0.39, 0.29) is 22.2 Å². The van der Waals surface area contributed by atoms with Crippen LogP contribution < -0.4 is 5.14 Å². The summed E-state index contributed by atoms with van der Waals surface area (Å²) in [4.78, 5) is 2.85. The van der Waals surface area contributed by atoms with Gasteiger partial charge in [-0.2, -0.15) is 5.11 Å². The number of nitrogens with zero attached hydrogens (tertiary/aromatic N) is 2. The molecule has 4 aromatic rings. The summed E-state index contributed by atoms with van der Waals surface area (Å²) < 4.78 is 22.7. The monoisotopic (exact) mass is 434 g/mol. The van der Waals surface area contributed by atoms with Crippen molar-refractivity contribution in [3.8, 4) is 11.6 Å². The van der Waals surface area contributed by atoms with Gasteiger partial charge in [-0.15, -0.1) is 5.11 Å². The molecule has 0 aliphatic carbocycles. The first-order valence-corrected chi connectivity index (χ1v) is 10.7. The number of primary sulfonamides is 1. The van der Waals surface area contributed by atoms with Crippen molar-refractivity contribution in [2.24, 2.45) is 15.4 Å². The molecule has 0 atom stereocenters. The highest BCUT2D eigenvalue weighted by Gasteiger charge is 2.13. The van der Waals surface area contributed by atoms with Crippen molar-refractivity contribution in [1.82, 2.24) is 4.98 Å². The van der Waals surface area contributed by atoms with Crippen molar-refractivity contribution in [1.29, 1.82) is 0 Å². The predicted molar refractivity (Wildman–Crippen MR) is 119 cm³/mol. The van der Waals surface area contributed by atoms with E-state index >= 15 is 0 Å². The fourth-order valence-corrected chi connectivity index (χ4v) is 3.58. The lowest BCUT2D eigenvalue weighted by Crippen LogP contribution is -2.11. The largest absolute Gasteiger partial charge is 0.508 e. The maximum atomic E-state index is 11.4. The highest BCUT2D eigenvalue weighted by molar-refractivity contribution is 7.89. The second kappa shape index (κ2) is 8.05. The van der Waals surface area contributed by atoms with Gasteiger partial charge in [0, 0.05) is 5.39 Å². The molecule has 0 spiro atoms. The van der Waals surface area contributed by atoms with Crippen LogP contribution >= 0.6 is 0 Å². The van der Waals surface area contributed by atoms with Gasteiger partial charge in [-0.3, -0.25) is 0 Å². The van der Waals surface area contributed by atoms with Crippen LogP contribution in [0.4, 0.5) is 11.4 Å². The Labute approximate surface area is 178 Å². The molecule has 0 aliphatic heterocycles. The number of phenolic OH excluding ortho intramolecular Hbond substituents is 1. The molecule has 0 unspecified atom stereocenters. The summed E-state index contributed by atoms with van der Waals surface area (Å²) in [6.45, 7) is 0. The van der Waals surface area contributed by atoms with Gasteiger partial charge < -0.3 is 15.2 Å². The van der Waals surface area contributed by atoms with Crippen LogP contribution in [0.5, 0.6) is 11.6 Å². The van der Waals surface area contributed by atoms with Crippen LogP contribution in [0.25, 0.3) is 23.1 Å². The Kier molecular flexibility index (Phi) is 5.28. The number of aromatic nitrogens is 1. The third-order valence-electron chi connectivity index (χ3n) is 4.59. The highest BCUT2D eigenvalue weighted by atomic mass is 32.2. The molecular formula is C22H18N4O4S. The van der Waals surface area contributed by atoms with Gasteiger partial charge >= 0.3 is 0 Å². The minimum atomic E-state index is -3.79. The number of H-pyrrole nitrogens is 1. The first kappa shape index (κ1) is 20.3. The van der Waals surface area contributed by atoms with Gasteiger partial charge in [-0.25, -0.2) is 13.6 Å². The summed E-state index contributed by atoms with van der Waals surface area (Å²) in [6.07, 6.45) is 3.76. The van der Waals surface area contributed by atoms with E-state index in [4.69, 9.17) is 5.14 Å². The number of nitrogens with two attached hydrogens (primary N) is 1. The van der Waals surface area contributed by atoms with E-state index in [9.17, 15) is 18.6 Å². The number of aromatic amines is 1. The lowest BCUT2D eigenvalue weighted by molar-refractivity contribution is 0.459. The molecule has 0 fully saturated rings. The molecule has 1 aromatic heterocycles. The SMILES string of the molecule is NS(=O)(=O)c1ccc(N=Nc2c(O)[nH]c3cccc(/C=C\c4ccc(O)cc4)c23)cc1. The first-order chi connectivity index (χ1) is 14.8. The molecule has 8 nitrogen and oxygen atoms in total. The molecule has 1 heterocycles. The van der Waals surface area contributed by atoms with E-state index in [0.29, 0.717) is 16.6 Å². The molecule has 4 rings (SSSR count). The Morgan fingerprint density at radius 3 is 2.26 bits per heavy atom. The van der Waals surface area contributed by atoms with E-state index in [1.807, 2.05) is 30.4 Å². The van der Waals surface area contributed by atoms with Crippen molar-refractivity contribution in [2.45, 2.75) is 4.90 Å². The maximum absolute atomic E-state index is 11.4. The highest BCUT2D eigenvalue weighted by Crippen LogP contribution is 2.39. The fourth-order valence-electron chi connectivity index (χ4n) is 3.06. The summed E-state index contributed by atoms with van der Waals surface area (Å²) >= 11 is 0. The molecule has 9 heteroatoms. The van der Waals surface area contributed by atoms with E-state index in [1.54, 1.807) is 24.3 Å². The van der Waals surface area contributed by atoms with Crippen molar-refractivity contribution in [2.75, 3.05) is 0 Å². The molecule has 0 radical (unpaired) electrons. The number of aromatic hydroxyl groups is 2. The summed E-state index contributed by atoms with van der Waals surface area (Å²) in [5.74, 6) is 0.0555. The molecule has 156 valence electrons. The third-order valence-corrected chi connectivity index (χ3v) is 5.52. The van der Waals surface area contributed by atoms with Crippen LogP contribution in [-0.4, -0.2) is 23.6 Å². The molecule has 0 aliphatic rings. The molecule has 3 aromatic carbocycles. The van der Waals surface area contributed by atoms with Crippen LogP contribution in [0, 0.1) is 0 Å². The number of nitrogens with one attached hydrogen (secondary N) is 1. The summed E-state index contributed by atoms with van der Waals surface area (Å²) in [7, 11) is -3.79. The Morgan fingerprint density at radius 1 is 0.871 bits per heavy atom. The van der Waals surface area contributed by atoms with E-state index < -0.39 is 10.0 Å². The lowest BCUT2D eigenvalue weighted by atomic mass is 10.1. The molecule has 0 saturated heterocycles. The number of hydrogen-bond donors (Lipinski definition) is 4. The fraction of sp³-hybridized carbons (Fsp3) is 0. The maximum Gasteiger partial charge on any atom is 0.238 e. The lowest BCUT2D eigenvalue weighted by Gasteiger charge is -2.00. The first-order valence-electron chi connectivity index (χ1n) is 9.17. The van der Waals surface area contributed by atoms with Crippen molar-refractivity contribution in [3.63, 3.8) is 0 Å². The normalized spacial score (nSPS) is 12.3. The molecule has 5 N–H and O–H groups in total. The zero-order chi connectivity index (χ0) is 22.0. The summed E-state index contributed by atoms with van der Waals surface area (Å²) in [5, 5.41) is 33.8. The molecular weight excluding hydrogens is 416 g/mol. The van der Waals surface area contributed by atoms with Crippen molar-refractivity contribution >= 4 is 44.5 Å². The number of benzene rings is 3. The molecule has 0 amide bonds. The van der Waals surface area contributed by atoms with Gasteiger partial charge in [0.05, 0.1) is 16.1 Å². The number of hydrogen-bond acceptors (Lipinski definition) is 6. The van der Waals surface area contributed by atoms with E-state index in [1.165, 1.54) is 24.3 Å². The number of phenols is 1. The van der Waals surface area contributed by atoms with Crippen LogP contribution in [0.15, 0.2) is 81.9 Å². The minimum Gasteiger partial charge on any atom is -0.508 e. The summed E-state index contributed by atoms with van der Waals surface area (Å²) in [5.41, 5.74) is 3.05. The third kappa shape index (κ3) is 4.47. The summed E-state index contributed by atoms with van der Waals surface area (Å²) in [6, 6.07) is 17.9. The molecule has 0 bridgehead atoms. The smallest absolute Gasteiger partial charge is 0.238 e. The van der Waals surface area contributed by atoms with Gasteiger partial charge in [0.2, 0.25) is 15.9 Å². The van der Waals surface area contributed by atoms with E-state index in [2.05, 4.69) is 15.2 Å². The second-order valence-electron chi connectivity index (χ2n) is 6.76. The zero-order valence-corrected chi connectivity index (χ0v) is 16.9. The van der Waals surface area contributed by atoms with Crippen LogP contribution in [0.3, 0.4) is 0 Å². The standard InChI is InChI=1S/C22H18N4O4S/c23-31(29,30)18-12-8-16(9-13-18)25-26-21-20-15(2-1-3-19(20)24-22(21)28)7-4-14-5-10-17(27)11-6-14/h1-13,24,27-28H,(H2,23,29,30)/b7-4-,26-25?. The molecule has 0 saturated carbocycles. The molecule has 31 heavy (non-hydrogen) atoms. The van der Waals surface area contributed by atoms with Gasteiger partial charge in [0.1, 0.15) is 5.75 Å². The van der Waals surface area contributed by atoms with Crippen LogP contribution in [0.2, 0.25) is 0 Å². The Morgan fingerprint density at radius 2 is 1.58 bits per heavy atom. The Bertz CT molecular complexity index is 1400. The number of azo groups is 1. The minimum absolute atomic E-state index is 0.0250. The number of fused-ring (bicyclic) bond motifs is 1. The predicted octanol–water partition coefficient (Wildman–Crippen LogP) is 4.81. The van der Waals surface area contributed by atoms with Gasteiger partial charge in [-0.1, -0.05) is 36.4 Å². The van der Waals surface area contributed by atoms with Gasteiger partial charge in [-0.05, 0) is 53.6 Å². The average molecular weight is 434 g/mol. The Balaban J connectivity index is 1.70. The van der Waals surface area contributed by atoms with Crippen molar-refractivity contribution in [3.05, 3.63) is 77.9 Å². The van der Waals surface area contributed by atoms with Gasteiger partial charge in [0.25, 0.3) is 0 Å². The Hall–Kier alpha value is -3.95. The second-order valence-corrected chi connectivity index (χ2v) is 8.32. The quantitative estimate of drug-likeness (QED) is 0.264. The van der Waals surface area contributed by atoms with Crippen LogP contribution in [-0.2, 0) is 10.0 Å². The number of sulfonamides is 1. The topological polar surface area (TPSA) is 141 Å². The average Bonchev–Trinajstić information content (AvgIpc) is 3.07. The van der Waals surface area contributed by atoms with E-state index in [0.717, 1.165) is 11.1 Å². The zero-order valence-electron chi connectivity index (χ0n) is 16.1.